The van der Waals surface area contributed by atoms with Crippen molar-refractivity contribution >= 4 is 11.9 Å². The summed E-state index contributed by atoms with van der Waals surface area (Å²) in [6.45, 7) is 4.48. The van der Waals surface area contributed by atoms with Crippen molar-refractivity contribution in [1.29, 1.82) is 0 Å². The van der Waals surface area contributed by atoms with Crippen molar-refractivity contribution in [2.75, 3.05) is 0 Å². The van der Waals surface area contributed by atoms with Crippen LogP contribution in [0.15, 0.2) is 12.2 Å². The van der Waals surface area contributed by atoms with Crippen molar-refractivity contribution in [1.82, 2.24) is 0 Å². The van der Waals surface area contributed by atoms with Gasteiger partial charge in [-0.15, -0.1) is 0 Å². The van der Waals surface area contributed by atoms with E-state index >= 15 is 0 Å². The molecule has 4 nitrogen and oxygen atoms in total. The van der Waals surface area contributed by atoms with Gasteiger partial charge in [0.2, 0.25) is 0 Å². The topological polar surface area (TPSA) is 80.3 Å². The van der Waals surface area contributed by atoms with Gasteiger partial charge in [-0.2, -0.15) is 0 Å². The second-order valence-corrected chi connectivity index (χ2v) is 6.55. The molecule has 4 aliphatic rings. The third-order valence-electron chi connectivity index (χ3n) is 4.82. The van der Waals surface area contributed by atoms with Crippen LogP contribution in [0.2, 0.25) is 0 Å². The van der Waals surface area contributed by atoms with Crippen molar-refractivity contribution in [3.05, 3.63) is 12.2 Å². The minimum atomic E-state index is -1.19. The van der Waals surface area contributed by atoms with Gasteiger partial charge in [-0.25, -0.2) is 0 Å². The molecule has 0 N–H and O–H groups in total. The number of aliphatic carboxylic acids is 2. The van der Waals surface area contributed by atoms with E-state index < -0.39 is 17.4 Å². The Morgan fingerprint density at radius 1 is 1.00 bits per heavy atom. The number of carboxylic acid groups (broad SMARTS) is 2. The van der Waals surface area contributed by atoms with Crippen LogP contribution in [0, 0.1) is 23.2 Å². The van der Waals surface area contributed by atoms with Gasteiger partial charge in [0.15, 0.2) is 0 Å². The number of carbonyl (C=O) groups excluding carboxylic acids is 2. The van der Waals surface area contributed by atoms with Crippen molar-refractivity contribution in [2.45, 2.75) is 45.4 Å². The Bertz CT molecular complexity index is 369. The van der Waals surface area contributed by atoms with E-state index in [4.69, 9.17) is 0 Å². The van der Waals surface area contributed by atoms with Crippen LogP contribution in [-0.4, -0.2) is 11.9 Å². The fourth-order valence-electron chi connectivity index (χ4n) is 4.36. The molecule has 4 saturated carbocycles. The Morgan fingerprint density at radius 2 is 1.30 bits per heavy atom. The van der Waals surface area contributed by atoms with Gasteiger partial charge >= 0.3 is 19.5 Å². The maximum absolute atomic E-state index is 11.1. The predicted molar refractivity (Wildman–Crippen MR) is 65.4 cm³/mol. The molecule has 5 heteroatoms. The van der Waals surface area contributed by atoms with E-state index in [0.29, 0.717) is 17.8 Å². The zero-order valence-electron chi connectivity index (χ0n) is 12.0. The van der Waals surface area contributed by atoms with Crippen LogP contribution in [-0.2, 0) is 29.1 Å². The summed E-state index contributed by atoms with van der Waals surface area (Å²) < 4.78 is 0. The van der Waals surface area contributed by atoms with Crippen LogP contribution in [0.1, 0.15) is 45.4 Å². The van der Waals surface area contributed by atoms with E-state index in [0.717, 1.165) is 19.3 Å². The molecule has 0 spiro atoms. The molecule has 0 unspecified atom stereocenters. The van der Waals surface area contributed by atoms with Crippen molar-refractivity contribution in [3.8, 4) is 0 Å². The monoisotopic (exact) mass is 328 g/mol. The van der Waals surface area contributed by atoms with Crippen molar-refractivity contribution in [2.24, 2.45) is 23.2 Å². The number of carbonyl (C=O) groups is 2. The summed E-state index contributed by atoms with van der Waals surface area (Å²) in [4.78, 5) is 20.6. The third kappa shape index (κ3) is 3.49. The minimum Gasteiger partial charge on any atom is -0.550 e. The maximum atomic E-state index is 11.1. The van der Waals surface area contributed by atoms with Crippen LogP contribution >= 0.6 is 0 Å². The molecule has 0 heterocycles. The summed E-state index contributed by atoms with van der Waals surface area (Å²) in [5, 5.41) is 20.6. The Labute approximate surface area is 132 Å². The molecule has 20 heavy (non-hydrogen) atoms. The molecule has 106 valence electrons. The average molecular weight is 330 g/mol. The first-order chi connectivity index (χ1) is 8.82. The summed E-state index contributed by atoms with van der Waals surface area (Å²) in [7, 11) is 0. The largest absolute Gasteiger partial charge is 2.00 e. The summed E-state index contributed by atoms with van der Waals surface area (Å²) in [5.74, 6) is 0.194. The van der Waals surface area contributed by atoms with Crippen LogP contribution in [0.4, 0.5) is 0 Å². The number of hydrogen-bond acceptors (Lipinski definition) is 4. The molecule has 4 rings (SSSR count). The molecule has 0 aliphatic heterocycles. The standard InChI is InChI=1S/C11H16O2.C4H6O2.Zn/c12-10(13)11-4-7-1-8(5-11)3-9(2-7)6-11;1-3(2)4(5)6;/h7-9H,1-6H2,(H,12,13);1H2,2H3,(H,5,6);/q;;+2/p-2. The van der Waals surface area contributed by atoms with Gasteiger partial charge < -0.3 is 19.8 Å². The number of rotatable bonds is 2. The Morgan fingerprint density at radius 3 is 1.50 bits per heavy atom. The smallest absolute Gasteiger partial charge is 0.550 e. The second kappa shape index (κ2) is 6.38. The average Bonchev–Trinajstić information content (AvgIpc) is 2.27. The fraction of sp³-hybridized carbons (Fsp3) is 0.733. The minimum absolute atomic E-state index is 0. The first-order valence-electron chi connectivity index (χ1n) is 6.90. The Balaban J connectivity index is 0.000000250. The zero-order chi connectivity index (χ0) is 14.2. The molecule has 0 amide bonds. The molecule has 0 saturated heterocycles. The maximum Gasteiger partial charge on any atom is 2.00 e. The van der Waals surface area contributed by atoms with Gasteiger partial charge in [0, 0.05) is 11.4 Å². The van der Waals surface area contributed by atoms with Crippen LogP contribution in [0.25, 0.3) is 0 Å². The van der Waals surface area contributed by atoms with Crippen LogP contribution in [0.3, 0.4) is 0 Å². The van der Waals surface area contributed by atoms with E-state index in [9.17, 15) is 19.8 Å². The first-order valence-corrected chi connectivity index (χ1v) is 6.90. The molecule has 0 aromatic rings. The molecule has 4 bridgehead atoms. The van der Waals surface area contributed by atoms with E-state index in [1.165, 1.54) is 26.2 Å². The van der Waals surface area contributed by atoms with Crippen molar-refractivity contribution < 1.29 is 39.3 Å². The van der Waals surface area contributed by atoms with E-state index in [1.54, 1.807) is 0 Å². The third-order valence-corrected chi connectivity index (χ3v) is 4.82. The zero-order valence-corrected chi connectivity index (χ0v) is 15.0. The van der Waals surface area contributed by atoms with Gasteiger partial charge in [-0.05, 0) is 68.8 Å². The predicted octanol–water partition coefficient (Wildman–Crippen LogP) is 0.263. The Hall–Kier alpha value is -0.697. The Kier molecular flexibility index (Phi) is 5.54. The van der Waals surface area contributed by atoms with Gasteiger partial charge in [-0.3, -0.25) is 0 Å². The van der Waals surface area contributed by atoms with E-state index in [1.807, 2.05) is 0 Å². The van der Waals surface area contributed by atoms with Crippen molar-refractivity contribution in [3.63, 3.8) is 0 Å². The first kappa shape index (κ1) is 17.4. The summed E-state index contributed by atoms with van der Waals surface area (Å²) in [6.07, 6.45) is 6.65. The van der Waals surface area contributed by atoms with Gasteiger partial charge in [0.1, 0.15) is 0 Å². The van der Waals surface area contributed by atoms with E-state index in [2.05, 4.69) is 6.58 Å². The normalized spacial score (nSPS) is 36.4. The summed E-state index contributed by atoms with van der Waals surface area (Å²) in [6, 6.07) is 0. The molecule has 0 radical (unpaired) electrons. The SMILES string of the molecule is C=C(C)C(=O)[O-].O=C([O-])C12CC3CC(CC(C3)C1)C2.[Zn+2]. The summed E-state index contributed by atoms with van der Waals surface area (Å²) >= 11 is 0. The van der Waals surface area contributed by atoms with Gasteiger partial charge in [0.25, 0.3) is 0 Å². The fourth-order valence-corrected chi connectivity index (χ4v) is 4.36. The van der Waals surface area contributed by atoms with Crippen LogP contribution < -0.4 is 10.2 Å². The molecule has 4 fully saturated rings. The van der Waals surface area contributed by atoms with Crippen LogP contribution in [0.5, 0.6) is 0 Å². The summed E-state index contributed by atoms with van der Waals surface area (Å²) in [5.41, 5.74) is -0.329. The van der Waals surface area contributed by atoms with Gasteiger partial charge in [-0.1, -0.05) is 6.58 Å². The molecular weight excluding hydrogens is 310 g/mol. The number of carboxylic acids is 2. The molecule has 0 aromatic carbocycles. The van der Waals surface area contributed by atoms with Gasteiger partial charge in [0.05, 0.1) is 5.97 Å². The second-order valence-electron chi connectivity index (χ2n) is 6.55. The molecule has 0 atom stereocenters. The quantitative estimate of drug-likeness (QED) is 0.538. The van der Waals surface area contributed by atoms with E-state index in [-0.39, 0.29) is 25.1 Å². The molecule has 0 aromatic heterocycles. The number of hydrogen-bond donors (Lipinski definition) is 0. The molecule has 4 aliphatic carbocycles. The molecular formula is C15H20O4Zn.